The Hall–Kier alpha value is -1.08. The SMILES string of the molecule is CC1(C)CC(Nc2ccc(C#N)c(Br)c2F)CC(C)(C)C1. The van der Waals surface area contributed by atoms with E-state index in [-0.39, 0.29) is 27.2 Å². The number of halogens is 2. The van der Waals surface area contributed by atoms with Crippen molar-refractivity contribution in [2.24, 2.45) is 10.8 Å². The average molecular weight is 353 g/mol. The van der Waals surface area contributed by atoms with Crippen molar-refractivity contribution in [2.45, 2.75) is 53.0 Å². The molecule has 0 unspecified atom stereocenters. The highest BCUT2D eigenvalue weighted by molar-refractivity contribution is 9.10. The molecule has 0 spiro atoms. The summed E-state index contributed by atoms with van der Waals surface area (Å²) >= 11 is 3.16. The Morgan fingerprint density at radius 3 is 2.33 bits per heavy atom. The maximum absolute atomic E-state index is 14.3. The molecule has 2 nitrogen and oxygen atoms in total. The Morgan fingerprint density at radius 1 is 1.24 bits per heavy atom. The van der Waals surface area contributed by atoms with Gasteiger partial charge in [-0.1, -0.05) is 27.7 Å². The number of anilines is 1. The predicted octanol–water partition coefficient (Wildman–Crippen LogP) is 5.48. The van der Waals surface area contributed by atoms with Crippen LogP contribution in [-0.2, 0) is 0 Å². The maximum atomic E-state index is 14.3. The fourth-order valence-corrected chi connectivity index (χ4v) is 4.35. The van der Waals surface area contributed by atoms with E-state index in [1.807, 2.05) is 6.07 Å². The maximum Gasteiger partial charge on any atom is 0.161 e. The minimum atomic E-state index is -0.379. The van der Waals surface area contributed by atoms with Crippen molar-refractivity contribution >= 4 is 21.6 Å². The zero-order valence-electron chi connectivity index (χ0n) is 13.1. The largest absolute Gasteiger partial charge is 0.380 e. The number of nitrogens with zero attached hydrogens (tertiary/aromatic N) is 1. The van der Waals surface area contributed by atoms with Gasteiger partial charge in [-0.05, 0) is 58.2 Å². The van der Waals surface area contributed by atoms with E-state index in [1.165, 1.54) is 6.42 Å². The normalized spacial score (nSPS) is 20.8. The summed E-state index contributed by atoms with van der Waals surface area (Å²) < 4.78 is 14.6. The van der Waals surface area contributed by atoms with Crippen LogP contribution in [0.15, 0.2) is 16.6 Å². The fourth-order valence-electron chi connectivity index (χ4n) is 3.92. The second kappa shape index (κ2) is 5.61. The molecule has 1 fully saturated rings. The molecule has 0 radical (unpaired) electrons. The molecule has 0 amide bonds. The lowest BCUT2D eigenvalue weighted by molar-refractivity contribution is 0.105. The summed E-state index contributed by atoms with van der Waals surface area (Å²) in [6, 6.07) is 5.53. The zero-order chi connectivity index (χ0) is 15.8. The second-order valence-corrected chi connectivity index (χ2v) is 8.45. The van der Waals surface area contributed by atoms with Crippen LogP contribution in [0.5, 0.6) is 0 Å². The summed E-state index contributed by atoms with van der Waals surface area (Å²) in [6.07, 6.45) is 3.22. The van der Waals surface area contributed by atoms with Gasteiger partial charge in [0, 0.05) is 6.04 Å². The van der Waals surface area contributed by atoms with Gasteiger partial charge in [0.1, 0.15) is 6.07 Å². The Bertz CT molecular complexity index is 571. The highest BCUT2D eigenvalue weighted by Crippen LogP contribution is 2.46. The number of hydrogen-bond donors (Lipinski definition) is 1. The summed E-state index contributed by atoms with van der Waals surface area (Å²) in [4.78, 5) is 0. The summed E-state index contributed by atoms with van der Waals surface area (Å²) in [6.45, 7) is 9.09. The first-order valence-corrected chi connectivity index (χ1v) is 8.07. The molecule has 0 atom stereocenters. The van der Waals surface area contributed by atoms with Crippen LogP contribution < -0.4 is 5.32 Å². The molecule has 1 N–H and O–H groups in total. The number of nitriles is 1. The van der Waals surface area contributed by atoms with Crippen LogP contribution in [0.4, 0.5) is 10.1 Å². The molecule has 0 aromatic heterocycles. The third-order valence-corrected chi connectivity index (χ3v) is 4.89. The van der Waals surface area contributed by atoms with Crippen molar-refractivity contribution in [1.29, 1.82) is 5.26 Å². The predicted molar refractivity (Wildman–Crippen MR) is 87.6 cm³/mol. The first kappa shape index (κ1) is 16.3. The summed E-state index contributed by atoms with van der Waals surface area (Å²) in [5.74, 6) is -0.379. The molecular formula is C17H22BrFN2. The molecule has 1 aromatic carbocycles. The van der Waals surface area contributed by atoms with Gasteiger partial charge in [0.15, 0.2) is 5.82 Å². The van der Waals surface area contributed by atoms with E-state index in [2.05, 4.69) is 48.9 Å². The van der Waals surface area contributed by atoms with Crippen LogP contribution in [-0.4, -0.2) is 6.04 Å². The molecule has 1 aromatic rings. The van der Waals surface area contributed by atoms with Crippen molar-refractivity contribution in [3.63, 3.8) is 0 Å². The van der Waals surface area contributed by atoms with Gasteiger partial charge in [-0.15, -0.1) is 0 Å². The van der Waals surface area contributed by atoms with Crippen molar-refractivity contribution in [3.05, 3.63) is 28.0 Å². The molecule has 114 valence electrons. The lowest BCUT2D eigenvalue weighted by atomic mass is 9.63. The molecule has 4 heteroatoms. The highest BCUT2D eigenvalue weighted by Gasteiger charge is 2.38. The standard InChI is InChI=1S/C17H22BrFN2/c1-16(2)7-12(8-17(3,4)10-16)21-13-6-5-11(9-20)14(18)15(13)19/h5-6,12,21H,7-8,10H2,1-4H3. The van der Waals surface area contributed by atoms with Crippen LogP contribution in [0.3, 0.4) is 0 Å². The quantitative estimate of drug-likeness (QED) is 0.765. The Balaban J connectivity index is 2.23. The number of hydrogen-bond acceptors (Lipinski definition) is 2. The lowest BCUT2D eigenvalue weighted by Crippen LogP contribution is -2.40. The molecule has 1 aliphatic carbocycles. The molecule has 21 heavy (non-hydrogen) atoms. The molecule has 0 bridgehead atoms. The smallest absolute Gasteiger partial charge is 0.161 e. The minimum Gasteiger partial charge on any atom is -0.380 e. The summed E-state index contributed by atoms with van der Waals surface area (Å²) in [7, 11) is 0. The topological polar surface area (TPSA) is 35.8 Å². The van der Waals surface area contributed by atoms with E-state index in [9.17, 15) is 4.39 Å². The second-order valence-electron chi connectivity index (χ2n) is 7.66. The Labute approximate surface area is 134 Å². The van der Waals surface area contributed by atoms with Crippen molar-refractivity contribution in [3.8, 4) is 6.07 Å². The van der Waals surface area contributed by atoms with E-state index >= 15 is 0 Å². The molecule has 1 saturated carbocycles. The summed E-state index contributed by atoms with van der Waals surface area (Å²) in [5, 5.41) is 12.3. The highest BCUT2D eigenvalue weighted by atomic mass is 79.9. The molecular weight excluding hydrogens is 331 g/mol. The van der Waals surface area contributed by atoms with Gasteiger partial charge in [-0.3, -0.25) is 0 Å². The van der Waals surface area contributed by atoms with Gasteiger partial charge >= 0.3 is 0 Å². The van der Waals surface area contributed by atoms with Crippen LogP contribution in [0, 0.1) is 28.0 Å². The van der Waals surface area contributed by atoms with Crippen molar-refractivity contribution in [1.82, 2.24) is 0 Å². The van der Waals surface area contributed by atoms with Crippen molar-refractivity contribution in [2.75, 3.05) is 5.32 Å². The minimum absolute atomic E-state index is 0.240. The van der Waals surface area contributed by atoms with E-state index in [0.717, 1.165) is 12.8 Å². The third kappa shape index (κ3) is 3.77. The summed E-state index contributed by atoms with van der Waals surface area (Å²) in [5.41, 5.74) is 1.29. The third-order valence-electron chi connectivity index (χ3n) is 4.12. The Kier molecular flexibility index (Phi) is 4.35. The van der Waals surface area contributed by atoms with E-state index in [4.69, 9.17) is 5.26 Å². The molecule has 0 heterocycles. The van der Waals surface area contributed by atoms with E-state index in [0.29, 0.717) is 11.3 Å². The van der Waals surface area contributed by atoms with E-state index < -0.39 is 0 Å². The number of benzene rings is 1. The van der Waals surface area contributed by atoms with E-state index in [1.54, 1.807) is 12.1 Å². The van der Waals surface area contributed by atoms with Crippen LogP contribution >= 0.6 is 15.9 Å². The first-order valence-electron chi connectivity index (χ1n) is 7.28. The van der Waals surface area contributed by atoms with Gasteiger partial charge in [0.05, 0.1) is 15.7 Å². The van der Waals surface area contributed by atoms with Crippen LogP contribution in [0.2, 0.25) is 0 Å². The van der Waals surface area contributed by atoms with Crippen LogP contribution in [0.25, 0.3) is 0 Å². The van der Waals surface area contributed by atoms with Gasteiger partial charge < -0.3 is 5.32 Å². The number of nitrogens with one attached hydrogen (secondary N) is 1. The lowest BCUT2D eigenvalue weighted by Gasteiger charge is -2.45. The van der Waals surface area contributed by atoms with Gasteiger partial charge in [-0.2, -0.15) is 5.26 Å². The number of rotatable bonds is 2. The zero-order valence-corrected chi connectivity index (χ0v) is 14.6. The monoisotopic (exact) mass is 352 g/mol. The first-order chi connectivity index (χ1) is 9.63. The Morgan fingerprint density at radius 2 is 1.81 bits per heavy atom. The molecule has 2 rings (SSSR count). The molecule has 1 aliphatic rings. The van der Waals surface area contributed by atoms with Crippen molar-refractivity contribution < 1.29 is 4.39 Å². The van der Waals surface area contributed by atoms with Crippen LogP contribution in [0.1, 0.15) is 52.5 Å². The molecule has 0 saturated heterocycles. The van der Waals surface area contributed by atoms with Gasteiger partial charge in [0.2, 0.25) is 0 Å². The van der Waals surface area contributed by atoms with Gasteiger partial charge in [0.25, 0.3) is 0 Å². The average Bonchev–Trinajstić information content (AvgIpc) is 2.31. The molecule has 0 aliphatic heterocycles. The van der Waals surface area contributed by atoms with Gasteiger partial charge in [-0.25, -0.2) is 4.39 Å². The fraction of sp³-hybridized carbons (Fsp3) is 0.588.